The molecule has 0 saturated heterocycles. The van der Waals surface area contributed by atoms with Gasteiger partial charge in [-0.2, -0.15) is 18.3 Å². The minimum absolute atomic E-state index is 0.0721. The highest BCUT2D eigenvalue weighted by Crippen LogP contribution is 2.32. The number of likely N-dealkylation sites (N-methyl/N-ethyl adjacent to an activating group) is 1. The van der Waals surface area contributed by atoms with Crippen LogP contribution in [0.15, 0.2) is 60.8 Å². The summed E-state index contributed by atoms with van der Waals surface area (Å²) < 4.78 is 47.1. The Morgan fingerprint density at radius 2 is 1.88 bits per heavy atom. The maximum atomic E-state index is 13.8. The third kappa shape index (κ3) is 4.79. The lowest BCUT2D eigenvalue weighted by Gasteiger charge is -2.15. The molecule has 4 aromatic rings. The van der Waals surface area contributed by atoms with Gasteiger partial charge in [-0.15, -0.1) is 0 Å². The second kappa shape index (κ2) is 8.89. The molecule has 170 valence electrons. The molecule has 0 aliphatic carbocycles. The molecule has 0 N–H and O–H groups in total. The number of carbonyl (C=O) groups is 1. The largest absolute Gasteiger partial charge is 0.497 e. The van der Waals surface area contributed by atoms with Gasteiger partial charge in [-0.3, -0.25) is 9.78 Å². The van der Waals surface area contributed by atoms with Crippen LogP contribution in [0.3, 0.4) is 0 Å². The number of ether oxygens (including phenoxy) is 1. The molecule has 4 rings (SSSR count). The number of pyridine rings is 1. The lowest BCUT2D eigenvalue weighted by Crippen LogP contribution is -2.29. The number of carbonyl (C=O) groups excluding carboxylic acids is 1. The van der Waals surface area contributed by atoms with E-state index in [2.05, 4.69) is 15.1 Å². The smallest absolute Gasteiger partial charge is 0.433 e. The van der Waals surface area contributed by atoms with Gasteiger partial charge in [0.05, 0.1) is 12.8 Å². The van der Waals surface area contributed by atoms with Crippen LogP contribution >= 0.6 is 0 Å². The number of benzene rings is 1. The lowest BCUT2D eigenvalue weighted by atomic mass is 10.1. The molecule has 1 aromatic carbocycles. The number of fused-ring (bicyclic) bond motifs is 1. The number of halogens is 3. The fourth-order valence-electron chi connectivity index (χ4n) is 3.32. The number of aromatic nitrogens is 4. The molecule has 1 amide bonds. The maximum Gasteiger partial charge on any atom is 0.433 e. The first-order chi connectivity index (χ1) is 15.8. The number of methoxy groups -OCH3 is 1. The van der Waals surface area contributed by atoms with Crippen LogP contribution in [0, 0.1) is 0 Å². The predicted molar refractivity (Wildman–Crippen MR) is 115 cm³/mol. The SMILES string of the molecule is COc1ccc(-c2cc(C(F)(F)F)n3nc(C(=O)N(C)CCc4ccccn4)cc3n2)cc1. The van der Waals surface area contributed by atoms with Crippen LogP contribution in [0.2, 0.25) is 0 Å². The van der Waals surface area contributed by atoms with Crippen molar-refractivity contribution < 1.29 is 22.7 Å². The molecule has 10 heteroatoms. The number of amides is 1. The summed E-state index contributed by atoms with van der Waals surface area (Å²) in [7, 11) is 3.06. The minimum Gasteiger partial charge on any atom is -0.497 e. The summed E-state index contributed by atoms with van der Waals surface area (Å²) in [6.07, 6.45) is -2.53. The highest BCUT2D eigenvalue weighted by atomic mass is 19.4. The first-order valence-corrected chi connectivity index (χ1v) is 10.0. The number of hydrogen-bond acceptors (Lipinski definition) is 5. The topological polar surface area (TPSA) is 72.6 Å². The van der Waals surface area contributed by atoms with Gasteiger partial charge in [-0.05, 0) is 42.5 Å². The quantitative estimate of drug-likeness (QED) is 0.437. The van der Waals surface area contributed by atoms with Crippen molar-refractivity contribution >= 4 is 11.6 Å². The molecule has 3 aromatic heterocycles. The zero-order valence-corrected chi connectivity index (χ0v) is 17.9. The van der Waals surface area contributed by atoms with E-state index in [0.717, 1.165) is 11.8 Å². The van der Waals surface area contributed by atoms with Crippen LogP contribution in [0.1, 0.15) is 21.9 Å². The van der Waals surface area contributed by atoms with E-state index in [-0.39, 0.29) is 17.0 Å². The van der Waals surface area contributed by atoms with Gasteiger partial charge in [0.2, 0.25) is 0 Å². The molecule has 0 aliphatic rings. The average molecular weight is 455 g/mol. The second-order valence-corrected chi connectivity index (χ2v) is 7.35. The molecule has 0 saturated carbocycles. The van der Waals surface area contributed by atoms with E-state index in [1.54, 1.807) is 43.6 Å². The van der Waals surface area contributed by atoms with E-state index in [9.17, 15) is 18.0 Å². The van der Waals surface area contributed by atoms with Crippen LogP contribution in [0.5, 0.6) is 5.75 Å². The summed E-state index contributed by atoms with van der Waals surface area (Å²) >= 11 is 0. The normalized spacial score (nSPS) is 11.5. The van der Waals surface area contributed by atoms with E-state index in [4.69, 9.17) is 4.74 Å². The highest BCUT2D eigenvalue weighted by molar-refractivity contribution is 5.93. The molecule has 0 fully saturated rings. The minimum atomic E-state index is -4.69. The number of nitrogens with zero attached hydrogens (tertiary/aromatic N) is 5. The van der Waals surface area contributed by atoms with Gasteiger partial charge >= 0.3 is 6.18 Å². The lowest BCUT2D eigenvalue weighted by molar-refractivity contribution is -0.142. The highest BCUT2D eigenvalue weighted by Gasteiger charge is 2.35. The van der Waals surface area contributed by atoms with Crippen molar-refractivity contribution in [3.8, 4) is 17.0 Å². The van der Waals surface area contributed by atoms with Crippen molar-refractivity contribution in [3.63, 3.8) is 0 Å². The molecule has 0 unspecified atom stereocenters. The summed E-state index contributed by atoms with van der Waals surface area (Å²) in [5.41, 5.74) is 0.177. The Morgan fingerprint density at radius 3 is 2.52 bits per heavy atom. The van der Waals surface area contributed by atoms with Gasteiger partial charge < -0.3 is 9.64 Å². The second-order valence-electron chi connectivity index (χ2n) is 7.35. The zero-order valence-electron chi connectivity index (χ0n) is 17.9. The first kappa shape index (κ1) is 22.3. The van der Waals surface area contributed by atoms with Gasteiger partial charge in [0, 0.05) is 43.5 Å². The van der Waals surface area contributed by atoms with Crippen LogP contribution < -0.4 is 4.74 Å². The van der Waals surface area contributed by atoms with Gasteiger partial charge in [0.25, 0.3) is 5.91 Å². The van der Waals surface area contributed by atoms with Crippen LogP contribution in [-0.4, -0.2) is 51.1 Å². The van der Waals surface area contributed by atoms with Crippen LogP contribution in [-0.2, 0) is 12.6 Å². The molecule has 3 heterocycles. The van der Waals surface area contributed by atoms with Gasteiger partial charge in [0.15, 0.2) is 17.0 Å². The third-order valence-electron chi connectivity index (χ3n) is 5.10. The number of alkyl halides is 3. The average Bonchev–Trinajstić information content (AvgIpc) is 3.25. The van der Waals surface area contributed by atoms with E-state index in [0.29, 0.717) is 28.8 Å². The summed E-state index contributed by atoms with van der Waals surface area (Å²) in [6.45, 7) is 0.334. The predicted octanol–water partition coefficient (Wildman–Crippen LogP) is 4.13. The molecule has 7 nitrogen and oxygen atoms in total. The van der Waals surface area contributed by atoms with Crippen molar-refractivity contribution in [2.75, 3.05) is 20.7 Å². The summed E-state index contributed by atoms with van der Waals surface area (Å²) in [5, 5.41) is 3.92. The van der Waals surface area contributed by atoms with Crippen LogP contribution in [0.25, 0.3) is 16.9 Å². The Bertz CT molecular complexity index is 1270. The van der Waals surface area contributed by atoms with Crippen molar-refractivity contribution in [1.29, 1.82) is 0 Å². The Balaban J connectivity index is 1.67. The van der Waals surface area contributed by atoms with E-state index in [1.165, 1.54) is 18.1 Å². The first-order valence-electron chi connectivity index (χ1n) is 10.0. The van der Waals surface area contributed by atoms with E-state index >= 15 is 0 Å². The van der Waals surface area contributed by atoms with Crippen molar-refractivity contribution in [2.24, 2.45) is 0 Å². The number of hydrogen-bond donors (Lipinski definition) is 0. The summed E-state index contributed by atoms with van der Waals surface area (Å²) in [5.74, 6) is 0.0670. The van der Waals surface area contributed by atoms with E-state index in [1.807, 2.05) is 12.1 Å². The molecule has 33 heavy (non-hydrogen) atoms. The molecule has 0 bridgehead atoms. The molecule has 0 radical (unpaired) electrons. The molecule has 0 atom stereocenters. The molecular formula is C23H20F3N5O2. The van der Waals surface area contributed by atoms with E-state index < -0.39 is 17.8 Å². The van der Waals surface area contributed by atoms with Crippen molar-refractivity contribution in [2.45, 2.75) is 12.6 Å². The standard InChI is InChI=1S/C23H20F3N5O2/c1-30(12-10-16-5-3-4-11-27-16)22(32)19-14-21-28-18(15-6-8-17(33-2)9-7-15)13-20(23(24,25)26)31(21)29-19/h3-9,11,13-14H,10,12H2,1-2H3. The molecular weight excluding hydrogens is 435 g/mol. The fourth-order valence-corrected chi connectivity index (χ4v) is 3.32. The Labute approximate surface area is 187 Å². The van der Waals surface area contributed by atoms with Crippen molar-refractivity contribution in [3.05, 3.63) is 77.9 Å². The van der Waals surface area contributed by atoms with Gasteiger partial charge in [0.1, 0.15) is 5.75 Å². The van der Waals surface area contributed by atoms with Gasteiger partial charge in [-0.25, -0.2) is 9.50 Å². The zero-order chi connectivity index (χ0) is 23.6. The Kier molecular flexibility index (Phi) is 5.99. The Hall–Kier alpha value is -3.95. The molecule has 0 spiro atoms. The summed E-state index contributed by atoms with van der Waals surface area (Å²) in [6, 6.07) is 14.2. The third-order valence-corrected chi connectivity index (χ3v) is 5.10. The van der Waals surface area contributed by atoms with Crippen molar-refractivity contribution in [1.82, 2.24) is 24.5 Å². The van der Waals surface area contributed by atoms with Gasteiger partial charge in [-0.1, -0.05) is 6.07 Å². The maximum absolute atomic E-state index is 13.8. The Morgan fingerprint density at radius 1 is 1.12 bits per heavy atom. The molecule has 0 aliphatic heterocycles. The number of rotatable bonds is 6. The summed E-state index contributed by atoms with van der Waals surface area (Å²) in [4.78, 5) is 22.7. The van der Waals surface area contributed by atoms with Crippen LogP contribution in [0.4, 0.5) is 13.2 Å². The monoisotopic (exact) mass is 455 g/mol. The fraction of sp³-hybridized carbons (Fsp3) is 0.217.